The number of fused-ring (bicyclic) bond motifs is 4. The first-order valence-electron chi connectivity index (χ1n) is 6.06. The molecule has 2 heteroatoms. The molecule has 0 unspecified atom stereocenters. The van der Waals surface area contributed by atoms with Crippen molar-refractivity contribution in [2.75, 3.05) is 0 Å². The molecular weight excluding hydrogens is 222 g/mol. The van der Waals surface area contributed by atoms with Crippen LogP contribution in [0.25, 0.3) is 22.4 Å². The molecule has 3 aromatic rings. The number of rotatable bonds is 0. The van der Waals surface area contributed by atoms with Crippen LogP contribution >= 0.6 is 0 Å². The Morgan fingerprint density at radius 3 is 2.94 bits per heavy atom. The van der Waals surface area contributed by atoms with Crippen LogP contribution in [0.3, 0.4) is 0 Å². The summed E-state index contributed by atoms with van der Waals surface area (Å²) >= 11 is 0. The fourth-order valence-electron chi connectivity index (χ4n) is 2.68. The first-order valence-corrected chi connectivity index (χ1v) is 6.06. The predicted octanol–water partition coefficient (Wildman–Crippen LogP) is 3.69. The second-order valence-electron chi connectivity index (χ2n) is 4.68. The number of carbonyl (C=O) groups excluding carboxylic acids is 1. The Hall–Kier alpha value is -2.35. The average molecular weight is 233 g/mol. The molecule has 18 heavy (non-hydrogen) atoms. The predicted molar refractivity (Wildman–Crippen MR) is 72.9 cm³/mol. The van der Waals surface area contributed by atoms with Crippen molar-refractivity contribution in [2.45, 2.75) is 6.42 Å². The summed E-state index contributed by atoms with van der Waals surface area (Å²) < 4.78 is 2.10. The zero-order chi connectivity index (χ0) is 12.1. The number of aromatic nitrogens is 1. The van der Waals surface area contributed by atoms with Crippen molar-refractivity contribution in [3.8, 4) is 0 Å². The Kier molecular flexibility index (Phi) is 1.78. The van der Waals surface area contributed by atoms with Gasteiger partial charge in [-0.2, -0.15) is 0 Å². The molecule has 0 bridgehead atoms. The van der Waals surface area contributed by atoms with E-state index in [4.69, 9.17) is 0 Å². The molecule has 86 valence electrons. The van der Waals surface area contributed by atoms with E-state index < -0.39 is 0 Å². The Bertz CT molecular complexity index is 824. The molecule has 0 atom stereocenters. The normalized spacial score (nSPS) is 14.3. The van der Waals surface area contributed by atoms with Gasteiger partial charge >= 0.3 is 0 Å². The van der Waals surface area contributed by atoms with Crippen LogP contribution in [-0.4, -0.2) is 10.2 Å². The van der Waals surface area contributed by atoms with Gasteiger partial charge in [-0.05, 0) is 6.07 Å². The number of carbonyl (C=O) groups is 1. The molecule has 1 aliphatic carbocycles. The third-order valence-electron chi connectivity index (χ3n) is 3.56. The van der Waals surface area contributed by atoms with E-state index in [2.05, 4.69) is 22.7 Å². The van der Waals surface area contributed by atoms with Crippen molar-refractivity contribution in [1.29, 1.82) is 0 Å². The van der Waals surface area contributed by atoms with E-state index in [9.17, 15) is 4.79 Å². The van der Waals surface area contributed by atoms with Crippen molar-refractivity contribution in [1.82, 2.24) is 4.40 Å². The first-order chi connectivity index (χ1) is 8.83. The van der Waals surface area contributed by atoms with Gasteiger partial charge in [0, 0.05) is 40.7 Å². The minimum absolute atomic E-state index is 0.209. The van der Waals surface area contributed by atoms with Crippen LogP contribution in [-0.2, 0) is 0 Å². The number of pyridine rings is 1. The lowest BCUT2D eigenvalue weighted by atomic mass is 9.97. The molecule has 0 saturated carbocycles. The Morgan fingerprint density at radius 1 is 1.11 bits per heavy atom. The van der Waals surface area contributed by atoms with Crippen molar-refractivity contribution in [3.63, 3.8) is 0 Å². The van der Waals surface area contributed by atoms with Gasteiger partial charge in [0.15, 0.2) is 5.78 Å². The minimum atomic E-state index is 0.209. The van der Waals surface area contributed by atoms with Gasteiger partial charge in [-0.3, -0.25) is 4.79 Å². The molecule has 4 rings (SSSR count). The van der Waals surface area contributed by atoms with Crippen LogP contribution in [0.1, 0.15) is 22.3 Å². The standard InChI is InChI=1S/C16H11NO/c18-16-7-3-5-12-10-17-9-11-4-1-2-6-13(11)15(17)8-14(12)16/h1-6,8-10H,7H2. The molecule has 1 aliphatic rings. The maximum atomic E-state index is 11.9. The van der Waals surface area contributed by atoms with Gasteiger partial charge in [0.25, 0.3) is 0 Å². The molecule has 0 aliphatic heterocycles. The number of benzene rings is 1. The summed E-state index contributed by atoms with van der Waals surface area (Å²) in [5.41, 5.74) is 2.96. The summed E-state index contributed by atoms with van der Waals surface area (Å²) in [6.07, 6.45) is 8.62. The van der Waals surface area contributed by atoms with Crippen molar-refractivity contribution in [3.05, 3.63) is 59.9 Å². The Labute approximate surface area is 104 Å². The number of allylic oxidation sites excluding steroid dienone is 1. The SMILES string of the molecule is O=C1CC=Cc2cn3cc4ccccc4c3cc21. The van der Waals surface area contributed by atoms with Crippen LogP contribution in [0.2, 0.25) is 0 Å². The molecule has 0 spiro atoms. The molecule has 2 nitrogen and oxygen atoms in total. The zero-order valence-electron chi connectivity index (χ0n) is 9.76. The van der Waals surface area contributed by atoms with Gasteiger partial charge in [0.05, 0.1) is 5.52 Å². The highest BCUT2D eigenvalue weighted by Crippen LogP contribution is 2.27. The smallest absolute Gasteiger partial charge is 0.167 e. The van der Waals surface area contributed by atoms with Gasteiger partial charge in [0.2, 0.25) is 0 Å². The molecule has 2 heterocycles. The zero-order valence-corrected chi connectivity index (χ0v) is 9.76. The molecule has 0 radical (unpaired) electrons. The fraction of sp³-hybridized carbons (Fsp3) is 0.0625. The lowest BCUT2D eigenvalue weighted by Crippen LogP contribution is -2.05. The van der Waals surface area contributed by atoms with Gasteiger partial charge in [-0.15, -0.1) is 0 Å². The van der Waals surface area contributed by atoms with Crippen molar-refractivity contribution in [2.24, 2.45) is 0 Å². The van der Waals surface area contributed by atoms with E-state index in [0.717, 1.165) is 16.6 Å². The highest BCUT2D eigenvalue weighted by molar-refractivity contribution is 6.06. The fourth-order valence-corrected chi connectivity index (χ4v) is 2.68. The lowest BCUT2D eigenvalue weighted by molar-refractivity contribution is 0.0994. The van der Waals surface area contributed by atoms with Crippen LogP contribution in [0.15, 0.2) is 48.8 Å². The third kappa shape index (κ3) is 1.20. The summed E-state index contributed by atoms with van der Waals surface area (Å²) in [4.78, 5) is 11.9. The van der Waals surface area contributed by atoms with Crippen LogP contribution in [0.4, 0.5) is 0 Å². The number of hydrogen-bond donors (Lipinski definition) is 0. The van der Waals surface area contributed by atoms with E-state index in [1.807, 2.05) is 36.5 Å². The van der Waals surface area contributed by atoms with E-state index >= 15 is 0 Å². The second-order valence-corrected chi connectivity index (χ2v) is 4.68. The molecule has 2 aromatic heterocycles. The first kappa shape index (κ1) is 9.66. The third-order valence-corrected chi connectivity index (χ3v) is 3.56. The number of Topliss-reactive ketones (excluding diaryl/α,β-unsaturated/α-hetero) is 1. The lowest BCUT2D eigenvalue weighted by Gasteiger charge is -2.10. The summed E-state index contributed by atoms with van der Waals surface area (Å²) in [6, 6.07) is 10.3. The van der Waals surface area contributed by atoms with Crippen LogP contribution in [0.5, 0.6) is 0 Å². The number of ketones is 1. The summed E-state index contributed by atoms with van der Waals surface area (Å²) in [5.74, 6) is 0.209. The Morgan fingerprint density at radius 2 is 2.00 bits per heavy atom. The monoisotopic (exact) mass is 233 g/mol. The average Bonchev–Trinajstić information content (AvgIpc) is 2.75. The second kappa shape index (κ2) is 3.33. The minimum Gasteiger partial charge on any atom is -0.322 e. The topological polar surface area (TPSA) is 21.5 Å². The maximum absolute atomic E-state index is 11.9. The molecule has 0 fully saturated rings. The van der Waals surface area contributed by atoms with E-state index in [-0.39, 0.29) is 5.78 Å². The molecular formula is C16H11NO. The summed E-state index contributed by atoms with van der Waals surface area (Å²) in [7, 11) is 0. The highest BCUT2D eigenvalue weighted by atomic mass is 16.1. The molecule has 1 aromatic carbocycles. The summed E-state index contributed by atoms with van der Waals surface area (Å²) in [5, 5.41) is 2.40. The van der Waals surface area contributed by atoms with E-state index in [0.29, 0.717) is 6.42 Å². The van der Waals surface area contributed by atoms with Gasteiger partial charge < -0.3 is 4.40 Å². The van der Waals surface area contributed by atoms with E-state index in [1.165, 1.54) is 10.8 Å². The maximum Gasteiger partial charge on any atom is 0.167 e. The van der Waals surface area contributed by atoms with Gasteiger partial charge in [-0.25, -0.2) is 0 Å². The molecule has 0 N–H and O–H groups in total. The van der Waals surface area contributed by atoms with Gasteiger partial charge in [-0.1, -0.05) is 36.4 Å². The highest BCUT2D eigenvalue weighted by Gasteiger charge is 2.15. The summed E-state index contributed by atoms with van der Waals surface area (Å²) in [6.45, 7) is 0. The number of nitrogens with zero attached hydrogens (tertiary/aromatic N) is 1. The van der Waals surface area contributed by atoms with Crippen LogP contribution in [0, 0.1) is 0 Å². The molecule has 0 saturated heterocycles. The largest absolute Gasteiger partial charge is 0.322 e. The van der Waals surface area contributed by atoms with Crippen molar-refractivity contribution >= 4 is 28.1 Å². The Balaban J connectivity index is 2.17. The molecule has 0 amide bonds. The quantitative estimate of drug-likeness (QED) is 0.580. The van der Waals surface area contributed by atoms with Crippen molar-refractivity contribution < 1.29 is 4.79 Å². The van der Waals surface area contributed by atoms with Gasteiger partial charge in [0.1, 0.15) is 0 Å². The van der Waals surface area contributed by atoms with Crippen LogP contribution < -0.4 is 0 Å². The van der Waals surface area contributed by atoms with E-state index in [1.54, 1.807) is 0 Å². The number of hydrogen-bond acceptors (Lipinski definition) is 1.